The van der Waals surface area contributed by atoms with Crippen LogP contribution in [0.4, 0.5) is 0 Å². The molecule has 0 unspecified atom stereocenters. The van der Waals surface area contributed by atoms with E-state index in [2.05, 4.69) is 20.6 Å². The summed E-state index contributed by atoms with van der Waals surface area (Å²) >= 11 is 0. The van der Waals surface area contributed by atoms with Crippen molar-refractivity contribution in [1.29, 1.82) is 0 Å². The van der Waals surface area contributed by atoms with Crippen molar-refractivity contribution in [2.24, 2.45) is 17.3 Å². The van der Waals surface area contributed by atoms with Gasteiger partial charge in [-0.25, -0.2) is 4.98 Å². The lowest BCUT2D eigenvalue weighted by Crippen LogP contribution is -2.60. The molecule has 10 heteroatoms. The molecule has 204 valence electrons. The van der Waals surface area contributed by atoms with Crippen LogP contribution in [0.1, 0.15) is 83.1 Å². The number of hydrogen-bond acceptors (Lipinski definition) is 7. The second-order valence-electron chi connectivity index (χ2n) is 11.2. The van der Waals surface area contributed by atoms with Crippen LogP contribution in [-0.4, -0.2) is 70.3 Å². The minimum Gasteiger partial charge on any atom is -0.465 e. The minimum atomic E-state index is -0.882. The summed E-state index contributed by atoms with van der Waals surface area (Å²) in [7, 11) is 0. The molecule has 1 aromatic rings. The van der Waals surface area contributed by atoms with Crippen LogP contribution in [0.3, 0.4) is 0 Å². The summed E-state index contributed by atoms with van der Waals surface area (Å²) in [6.45, 7) is 7.90. The molecule has 3 rings (SSSR count). The van der Waals surface area contributed by atoms with E-state index in [0.717, 1.165) is 44.9 Å². The van der Waals surface area contributed by atoms with E-state index >= 15 is 0 Å². The summed E-state index contributed by atoms with van der Waals surface area (Å²) in [6, 6.07) is -1.69. The Hall–Kier alpha value is -3.04. The van der Waals surface area contributed by atoms with E-state index in [1.54, 1.807) is 6.92 Å². The zero-order chi connectivity index (χ0) is 27.0. The fourth-order valence-electron chi connectivity index (χ4n) is 4.77. The summed E-state index contributed by atoms with van der Waals surface area (Å²) in [5.41, 5.74) is -0.500. The van der Waals surface area contributed by atoms with Gasteiger partial charge in [-0.1, -0.05) is 40.0 Å². The Morgan fingerprint density at radius 2 is 1.76 bits per heavy atom. The zero-order valence-corrected chi connectivity index (χ0v) is 22.5. The second kappa shape index (κ2) is 13.0. The molecule has 2 saturated carbocycles. The highest BCUT2D eigenvalue weighted by Crippen LogP contribution is 2.31. The maximum absolute atomic E-state index is 13.8. The molecule has 0 spiro atoms. The van der Waals surface area contributed by atoms with Gasteiger partial charge in [-0.15, -0.1) is 0 Å². The Kier molecular flexibility index (Phi) is 10.00. The van der Waals surface area contributed by atoms with Crippen molar-refractivity contribution >= 4 is 23.7 Å². The quantitative estimate of drug-likeness (QED) is 0.433. The third-order valence-electron chi connectivity index (χ3n) is 7.00. The number of nitrogens with one attached hydrogen (secondary N) is 2. The second-order valence-corrected chi connectivity index (χ2v) is 11.2. The molecule has 0 aromatic carbocycles. The molecule has 0 aliphatic heterocycles. The topological polar surface area (TPSA) is 131 Å². The Morgan fingerprint density at radius 1 is 1.05 bits per heavy atom. The molecule has 2 aliphatic carbocycles. The molecule has 0 bridgehead atoms. The molecule has 1 aromatic heterocycles. The first-order valence-corrected chi connectivity index (χ1v) is 13.4. The van der Waals surface area contributed by atoms with Crippen molar-refractivity contribution < 1.29 is 23.9 Å². The average Bonchev–Trinajstić information content (AvgIpc) is 3.69. The first kappa shape index (κ1) is 28.5. The maximum Gasteiger partial charge on any atom is 0.325 e. The zero-order valence-electron chi connectivity index (χ0n) is 22.5. The monoisotopic (exact) mass is 515 g/mol. The van der Waals surface area contributed by atoms with E-state index < -0.39 is 35.3 Å². The summed E-state index contributed by atoms with van der Waals surface area (Å²) in [5.74, 6) is -1.35. The van der Waals surface area contributed by atoms with Crippen molar-refractivity contribution in [3.63, 3.8) is 0 Å². The van der Waals surface area contributed by atoms with Gasteiger partial charge in [0.15, 0.2) is 0 Å². The number of amides is 3. The maximum atomic E-state index is 13.8. The highest BCUT2D eigenvalue weighted by atomic mass is 16.5. The molecule has 2 atom stereocenters. The summed E-state index contributed by atoms with van der Waals surface area (Å²) in [4.78, 5) is 62.2. The Labute approximate surface area is 219 Å². The molecule has 1 heterocycles. The van der Waals surface area contributed by atoms with Crippen LogP contribution < -0.4 is 10.6 Å². The van der Waals surface area contributed by atoms with Crippen molar-refractivity contribution in [3.8, 4) is 0 Å². The van der Waals surface area contributed by atoms with E-state index in [4.69, 9.17) is 4.74 Å². The molecule has 2 N–H and O–H groups in total. The van der Waals surface area contributed by atoms with Gasteiger partial charge in [-0.05, 0) is 49.9 Å². The van der Waals surface area contributed by atoms with Gasteiger partial charge in [0.2, 0.25) is 11.8 Å². The normalized spacial score (nSPS) is 17.8. The SMILES string of the molecule is CCOC(=O)CN(CC1CC1)C(=O)[C@@H](NC(=O)[C@@H](NC(=O)c1cnccn1)C1CCCCC1)C(C)(C)C. The van der Waals surface area contributed by atoms with E-state index in [-0.39, 0.29) is 30.7 Å². The van der Waals surface area contributed by atoms with Crippen LogP contribution in [0.25, 0.3) is 0 Å². The first-order valence-electron chi connectivity index (χ1n) is 13.4. The fourth-order valence-corrected chi connectivity index (χ4v) is 4.77. The van der Waals surface area contributed by atoms with Crippen LogP contribution >= 0.6 is 0 Å². The molecular formula is C27H41N5O5. The van der Waals surface area contributed by atoms with E-state index in [1.165, 1.54) is 23.5 Å². The fraction of sp³-hybridized carbons (Fsp3) is 0.704. The average molecular weight is 516 g/mol. The first-order chi connectivity index (χ1) is 17.6. The lowest BCUT2D eigenvalue weighted by Gasteiger charge is -2.37. The molecule has 2 fully saturated rings. The number of hydrogen-bond donors (Lipinski definition) is 2. The van der Waals surface area contributed by atoms with Crippen LogP contribution in [0, 0.1) is 17.3 Å². The Morgan fingerprint density at radius 3 is 2.32 bits per heavy atom. The number of esters is 1. The molecular weight excluding hydrogens is 474 g/mol. The van der Waals surface area contributed by atoms with Crippen LogP contribution in [-0.2, 0) is 19.1 Å². The summed E-state index contributed by atoms with van der Waals surface area (Å²) in [5, 5.41) is 5.82. The third-order valence-corrected chi connectivity index (χ3v) is 7.00. The lowest BCUT2D eigenvalue weighted by atomic mass is 9.82. The summed E-state index contributed by atoms with van der Waals surface area (Å²) in [6.07, 6.45) is 11.0. The number of nitrogens with zero attached hydrogens (tertiary/aromatic N) is 3. The highest BCUT2D eigenvalue weighted by molar-refractivity contribution is 5.97. The molecule has 2 aliphatic rings. The largest absolute Gasteiger partial charge is 0.465 e. The van der Waals surface area contributed by atoms with Crippen LogP contribution in [0.5, 0.6) is 0 Å². The predicted octanol–water partition coefficient (Wildman–Crippen LogP) is 2.49. The molecule has 10 nitrogen and oxygen atoms in total. The van der Waals surface area contributed by atoms with E-state index in [9.17, 15) is 19.2 Å². The van der Waals surface area contributed by atoms with Gasteiger partial charge in [0, 0.05) is 18.9 Å². The number of aromatic nitrogens is 2. The van der Waals surface area contributed by atoms with Gasteiger partial charge in [0.25, 0.3) is 5.91 Å². The van der Waals surface area contributed by atoms with Gasteiger partial charge >= 0.3 is 5.97 Å². The molecule has 37 heavy (non-hydrogen) atoms. The van der Waals surface area contributed by atoms with Crippen LogP contribution in [0.15, 0.2) is 18.6 Å². The molecule has 0 radical (unpaired) electrons. The number of rotatable bonds is 11. The standard InChI is InChI=1S/C27H41N5O5/c1-5-37-21(33)17-32(16-18-11-12-18)26(36)23(27(2,3)4)31-25(35)22(19-9-7-6-8-10-19)30-24(34)20-15-28-13-14-29-20/h13-15,18-19,22-23H,5-12,16-17H2,1-4H3,(H,30,34)(H,31,35)/t22-,23+/m0/s1. The van der Waals surface area contributed by atoms with Gasteiger partial charge in [-0.3, -0.25) is 24.2 Å². The smallest absolute Gasteiger partial charge is 0.325 e. The van der Waals surface area contributed by atoms with E-state index in [1.807, 2.05) is 20.8 Å². The van der Waals surface area contributed by atoms with Gasteiger partial charge < -0.3 is 20.3 Å². The van der Waals surface area contributed by atoms with Gasteiger partial charge in [0.1, 0.15) is 24.3 Å². The van der Waals surface area contributed by atoms with Crippen molar-refractivity contribution in [2.45, 2.75) is 84.7 Å². The Balaban J connectivity index is 1.80. The molecule has 0 saturated heterocycles. The number of ether oxygens (including phenoxy) is 1. The lowest BCUT2D eigenvalue weighted by molar-refractivity contribution is -0.151. The van der Waals surface area contributed by atoms with Crippen molar-refractivity contribution in [1.82, 2.24) is 25.5 Å². The summed E-state index contributed by atoms with van der Waals surface area (Å²) < 4.78 is 5.10. The van der Waals surface area contributed by atoms with Crippen molar-refractivity contribution in [3.05, 3.63) is 24.3 Å². The highest BCUT2D eigenvalue weighted by Gasteiger charge is 2.41. The minimum absolute atomic E-state index is 0.0489. The van der Waals surface area contributed by atoms with Gasteiger partial charge in [0.05, 0.1) is 12.8 Å². The number of carbonyl (C=O) groups is 4. The van der Waals surface area contributed by atoms with Crippen molar-refractivity contribution in [2.75, 3.05) is 19.7 Å². The van der Waals surface area contributed by atoms with Gasteiger partial charge in [-0.2, -0.15) is 0 Å². The molecule has 3 amide bonds. The van der Waals surface area contributed by atoms with Crippen LogP contribution in [0.2, 0.25) is 0 Å². The predicted molar refractivity (Wildman–Crippen MR) is 137 cm³/mol. The number of carbonyl (C=O) groups excluding carboxylic acids is 4. The third kappa shape index (κ3) is 8.50. The Bertz CT molecular complexity index is 938. The van der Waals surface area contributed by atoms with E-state index in [0.29, 0.717) is 12.5 Å².